The number of sulfonamides is 1. The van der Waals surface area contributed by atoms with Crippen LogP contribution in [0.1, 0.15) is 31.6 Å². The van der Waals surface area contributed by atoms with Crippen molar-refractivity contribution in [2.75, 3.05) is 13.1 Å². The van der Waals surface area contributed by atoms with Gasteiger partial charge in [0.15, 0.2) is 0 Å². The normalized spacial score (nSPS) is 17.8. The molecule has 26 heavy (non-hydrogen) atoms. The Bertz CT molecular complexity index is 842. The Labute approximate surface area is 152 Å². The van der Waals surface area contributed by atoms with Crippen LogP contribution < -0.4 is 5.32 Å². The molecular formula is C18H21FN2O4S. The smallest absolute Gasteiger partial charge is 0.243 e. The molecule has 2 aromatic rings. The van der Waals surface area contributed by atoms with Crippen molar-refractivity contribution in [3.8, 4) is 0 Å². The van der Waals surface area contributed by atoms with Crippen LogP contribution in [0.2, 0.25) is 0 Å². The van der Waals surface area contributed by atoms with E-state index < -0.39 is 15.8 Å². The predicted octanol–water partition coefficient (Wildman–Crippen LogP) is 2.70. The van der Waals surface area contributed by atoms with Crippen molar-refractivity contribution in [3.05, 3.63) is 54.2 Å². The number of nitrogens with one attached hydrogen (secondary N) is 1. The van der Waals surface area contributed by atoms with Crippen LogP contribution in [0.4, 0.5) is 4.39 Å². The zero-order chi connectivity index (χ0) is 18.7. The van der Waals surface area contributed by atoms with Crippen molar-refractivity contribution >= 4 is 15.9 Å². The van der Waals surface area contributed by atoms with E-state index in [2.05, 4.69) is 5.32 Å². The maximum atomic E-state index is 13.0. The fraction of sp³-hybridized carbons (Fsp3) is 0.389. The molecule has 0 spiro atoms. The molecule has 1 atom stereocenters. The van der Waals surface area contributed by atoms with Gasteiger partial charge in [-0.05, 0) is 56.2 Å². The van der Waals surface area contributed by atoms with E-state index in [1.54, 1.807) is 18.4 Å². The summed E-state index contributed by atoms with van der Waals surface area (Å²) < 4.78 is 44.8. The predicted molar refractivity (Wildman–Crippen MR) is 93.1 cm³/mol. The number of nitrogens with zero attached hydrogens (tertiary/aromatic N) is 1. The minimum Gasteiger partial charge on any atom is -0.467 e. The van der Waals surface area contributed by atoms with Gasteiger partial charge >= 0.3 is 0 Å². The minimum absolute atomic E-state index is 0.0632. The summed E-state index contributed by atoms with van der Waals surface area (Å²) in [4.78, 5) is 12.5. The molecule has 1 aromatic carbocycles. The van der Waals surface area contributed by atoms with Gasteiger partial charge in [-0.25, -0.2) is 12.8 Å². The quantitative estimate of drug-likeness (QED) is 0.865. The molecule has 0 unspecified atom stereocenters. The van der Waals surface area contributed by atoms with Crippen molar-refractivity contribution in [2.45, 2.75) is 30.7 Å². The lowest BCUT2D eigenvalue weighted by Crippen LogP contribution is -2.43. The Morgan fingerprint density at radius 3 is 2.46 bits per heavy atom. The number of furan rings is 1. The van der Waals surface area contributed by atoms with Crippen molar-refractivity contribution in [1.82, 2.24) is 9.62 Å². The topological polar surface area (TPSA) is 79.6 Å². The van der Waals surface area contributed by atoms with Gasteiger partial charge in [0.1, 0.15) is 11.6 Å². The first-order chi connectivity index (χ1) is 12.4. The van der Waals surface area contributed by atoms with E-state index in [0.29, 0.717) is 18.6 Å². The maximum absolute atomic E-state index is 13.0. The van der Waals surface area contributed by atoms with Crippen LogP contribution in [0, 0.1) is 11.7 Å². The van der Waals surface area contributed by atoms with Gasteiger partial charge in [-0.2, -0.15) is 4.31 Å². The van der Waals surface area contributed by atoms with E-state index >= 15 is 0 Å². The summed E-state index contributed by atoms with van der Waals surface area (Å²) in [6.45, 7) is 2.35. The highest BCUT2D eigenvalue weighted by Gasteiger charge is 2.32. The lowest BCUT2D eigenvalue weighted by Gasteiger charge is -2.31. The lowest BCUT2D eigenvalue weighted by atomic mass is 9.97. The molecule has 3 rings (SSSR count). The number of carbonyl (C=O) groups is 1. The lowest BCUT2D eigenvalue weighted by molar-refractivity contribution is -0.126. The van der Waals surface area contributed by atoms with Crippen LogP contribution in [0.5, 0.6) is 0 Å². The summed E-state index contributed by atoms with van der Waals surface area (Å²) in [5.74, 6) is -0.153. The van der Waals surface area contributed by atoms with Crippen LogP contribution >= 0.6 is 0 Å². The number of carbonyl (C=O) groups excluding carboxylic acids is 1. The average Bonchev–Trinajstić information content (AvgIpc) is 3.17. The number of rotatable bonds is 5. The van der Waals surface area contributed by atoms with Gasteiger partial charge in [0, 0.05) is 19.0 Å². The number of amides is 1. The van der Waals surface area contributed by atoms with Gasteiger partial charge in [0.05, 0.1) is 17.2 Å². The number of piperidine rings is 1. The van der Waals surface area contributed by atoms with E-state index in [4.69, 9.17) is 4.42 Å². The van der Waals surface area contributed by atoms with Gasteiger partial charge in [-0.3, -0.25) is 4.79 Å². The van der Waals surface area contributed by atoms with Crippen molar-refractivity contribution in [1.29, 1.82) is 0 Å². The van der Waals surface area contributed by atoms with Crippen LogP contribution in [0.25, 0.3) is 0 Å². The zero-order valence-electron chi connectivity index (χ0n) is 14.4. The van der Waals surface area contributed by atoms with Gasteiger partial charge in [-0.1, -0.05) is 0 Å². The first-order valence-electron chi connectivity index (χ1n) is 8.47. The number of hydrogen-bond donors (Lipinski definition) is 1. The Morgan fingerprint density at radius 2 is 1.88 bits per heavy atom. The molecule has 6 nitrogen and oxygen atoms in total. The standard InChI is InChI=1S/C18H21FN2O4S/c1-13(17-3-2-12-25-17)20-18(22)14-8-10-21(11-9-14)26(23,24)16-6-4-15(19)5-7-16/h2-7,12-14H,8-11H2,1H3,(H,20,22)/t13-/m0/s1. The van der Waals surface area contributed by atoms with Crippen LogP contribution in [-0.4, -0.2) is 31.7 Å². The van der Waals surface area contributed by atoms with Gasteiger partial charge in [0.25, 0.3) is 0 Å². The maximum Gasteiger partial charge on any atom is 0.243 e. The Balaban J connectivity index is 1.58. The van der Waals surface area contributed by atoms with Crippen molar-refractivity contribution in [2.24, 2.45) is 5.92 Å². The molecule has 0 radical (unpaired) electrons. The number of hydrogen-bond acceptors (Lipinski definition) is 4. The third-order valence-corrected chi connectivity index (χ3v) is 6.52. The molecule has 140 valence electrons. The van der Waals surface area contributed by atoms with E-state index in [1.807, 2.05) is 6.92 Å². The van der Waals surface area contributed by atoms with Gasteiger partial charge in [0.2, 0.25) is 15.9 Å². The molecule has 1 aliphatic rings. The molecule has 0 aliphatic carbocycles. The first-order valence-corrected chi connectivity index (χ1v) is 9.91. The molecule has 1 saturated heterocycles. The van der Waals surface area contributed by atoms with E-state index in [1.165, 1.54) is 16.4 Å². The second-order valence-electron chi connectivity index (χ2n) is 6.38. The highest BCUT2D eigenvalue weighted by Crippen LogP contribution is 2.25. The molecule has 1 fully saturated rings. The van der Waals surface area contributed by atoms with Crippen LogP contribution in [-0.2, 0) is 14.8 Å². The van der Waals surface area contributed by atoms with Crippen LogP contribution in [0.3, 0.4) is 0 Å². The Morgan fingerprint density at radius 1 is 1.23 bits per heavy atom. The molecule has 8 heteroatoms. The molecule has 0 saturated carbocycles. The fourth-order valence-corrected chi connectivity index (χ4v) is 4.52. The summed E-state index contributed by atoms with van der Waals surface area (Å²) >= 11 is 0. The number of halogens is 1. The Hall–Kier alpha value is -2.19. The van der Waals surface area contributed by atoms with Gasteiger partial charge in [-0.15, -0.1) is 0 Å². The summed E-state index contributed by atoms with van der Waals surface area (Å²) in [5, 5.41) is 2.90. The molecule has 1 amide bonds. The zero-order valence-corrected chi connectivity index (χ0v) is 15.2. The van der Waals surface area contributed by atoms with E-state index in [0.717, 1.165) is 12.1 Å². The largest absolute Gasteiger partial charge is 0.467 e. The van der Waals surface area contributed by atoms with Crippen LogP contribution in [0.15, 0.2) is 52.0 Å². The highest BCUT2D eigenvalue weighted by atomic mass is 32.2. The number of benzene rings is 1. The SMILES string of the molecule is C[C@H](NC(=O)C1CCN(S(=O)(=O)c2ccc(F)cc2)CC1)c1ccco1. The minimum atomic E-state index is -3.67. The third kappa shape index (κ3) is 3.96. The second-order valence-corrected chi connectivity index (χ2v) is 8.32. The molecule has 1 N–H and O–H groups in total. The second kappa shape index (κ2) is 7.59. The Kier molecular flexibility index (Phi) is 5.43. The fourth-order valence-electron chi connectivity index (χ4n) is 3.05. The summed E-state index contributed by atoms with van der Waals surface area (Å²) in [7, 11) is -3.67. The molecule has 1 aromatic heterocycles. The van der Waals surface area contributed by atoms with Crippen molar-refractivity contribution < 1.29 is 22.0 Å². The summed E-state index contributed by atoms with van der Waals surface area (Å²) in [6, 6.07) is 8.09. The third-order valence-electron chi connectivity index (χ3n) is 4.60. The summed E-state index contributed by atoms with van der Waals surface area (Å²) in [5.41, 5.74) is 0. The highest BCUT2D eigenvalue weighted by molar-refractivity contribution is 7.89. The van der Waals surface area contributed by atoms with E-state index in [-0.39, 0.29) is 35.9 Å². The molecular weight excluding hydrogens is 359 g/mol. The van der Waals surface area contributed by atoms with Crippen molar-refractivity contribution in [3.63, 3.8) is 0 Å². The first kappa shape index (κ1) is 18.6. The molecule has 1 aliphatic heterocycles. The summed E-state index contributed by atoms with van der Waals surface area (Å²) in [6.07, 6.45) is 2.44. The van der Waals surface area contributed by atoms with E-state index in [9.17, 15) is 17.6 Å². The molecule has 0 bridgehead atoms. The molecule has 2 heterocycles. The average molecular weight is 380 g/mol. The monoisotopic (exact) mass is 380 g/mol. The van der Waals surface area contributed by atoms with Gasteiger partial charge < -0.3 is 9.73 Å².